The van der Waals surface area contributed by atoms with Gasteiger partial charge in [-0.25, -0.2) is 4.79 Å². The van der Waals surface area contributed by atoms with Gasteiger partial charge in [-0.3, -0.25) is 5.10 Å². The molecule has 1 aliphatic rings. The Labute approximate surface area is 164 Å². The molecule has 1 aliphatic heterocycles. The van der Waals surface area contributed by atoms with Crippen LogP contribution < -0.4 is 10.6 Å². The Kier molecular flexibility index (Phi) is 5.72. The maximum absolute atomic E-state index is 12.4. The third-order valence-corrected chi connectivity index (χ3v) is 4.98. The fourth-order valence-electron chi connectivity index (χ4n) is 3.44. The van der Waals surface area contributed by atoms with E-state index in [1.54, 1.807) is 4.90 Å². The highest BCUT2D eigenvalue weighted by molar-refractivity contribution is 5.81. The molecule has 0 saturated carbocycles. The van der Waals surface area contributed by atoms with E-state index in [-0.39, 0.29) is 12.1 Å². The number of ether oxygens (including phenoxy) is 1. The number of aromatic amines is 1. The van der Waals surface area contributed by atoms with E-state index in [1.807, 2.05) is 48.7 Å². The van der Waals surface area contributed by atoms with E-state index in [0.29, 0.717) is 19.7 Å². The summed E-state index contributed by atoms with van der Waals surface area (Å²) in [4.78, 5) is 14.2. The lowest BCUT2D eigenvalue weighted by Gasteiger charge is -2.33. The van der Waals surface area contributed by atoms with Crippen LogP contribution in [0.1, 0.15) is 12.0 Å². The SMILES string of the molecule is O=C(OCc1ccccc1)N1CCN[C@H](CCNc2ccc3[nH]ncc3c2)C1. The lowest BCUT2D eigenvalue weighted by atomic mass is 10.1. The van der Waals surface area contributed by atoms with Crippen LogP contribution in [0.15, 0.2) is 54.7 Å². The van der Waals surface area contributed by atoms with Gasteiger partial charge < -0.3 is 20.3 Å². The van der Waals surface area contributed by atoms with Crippen LogP contribution in [-0.2, 0) is 11.3 Å². The minimum absolute atomic E-state index is 0.242. The molecule has 0 aliphatic carbocycles. The van der Waals surface area contributed by atoms with Gasteiger partial charge in [-0.15, -0.1) is 0 Å². The molecule has 0 unspecified atom stereocenters. The van der Waals surface area contributed by atoms with Crippen LogP contribution in [0.25, 0.3) is 10.9 Å². The Morgan fingerprint density at radius 3 is 3.04 bits per heavy atom. The Morgan fingerprint density at radius 1 is 1.25 bits per heavy atom. The van der Waals surface area contributed by atoms with Gasteiger partial charge in [-0.05, 0) is 30.2 Å². The predicted octanol–water partition coefficient (Wildman–Crippen LogP) is 2.98. The number of hydrogen-bond acceptors (Lipinski definition) is 5. The van der Waals surface area contributed by atoms with Gasteiger partial charge in [-0.1, -0.05) is 30.3 Å². The summed E-state index contributed by atoms with van der Waals surface area (Å²) in [6, 6.07) is 16.2. The van der Waals surface area contributed by atoms with Crippen molar-refractivity contribution in [3.8, 4) is 0 Å². The van der Waals surface area contributed by atoms with Crippen LogP contribution in [0.5, 0.6) is 0 Å². The lowest BCUT2D eigenvalue weighted by molar-refractivity contribution is 0.0845. The van der Waals surface area contributed by atoms with E-state index in [4.69, 9.17) is 4.74 Å². The summed E-state index contributed by atoms with van der Waals surface area (Å²) in [6.07, 6.45) is 2.50. The summed E-state index contributed by atoms with van der Waals surface area (Å²) in [7, 11) is 0. The fourth-order valence-corrected chi connectivity index (χ4v) is 3.44. The topological polar surface area (TPSA) is 82.3 Å². The number of piperazine rings is 1. The van der Waals surface area contributed by atoms with Gasteiger partial charge >= 0.3 is 6.09 Å². The summed E-state index contributed by atoms with van der Waals surface area (Å²) < 4.78 is 5.46. The second kappa shape index (κ2) is 8.75. The average molecular weight is 379 g/mol. The van der Waals surface area contributed by atoms with Gasteiger partial charge in [0.1, 0.15) is 6.61 Å². The van der Waals surface area contributed by atoms with Crippen LogP contribution >= 0.6 is 0 Å². The third kappa shape index (κ3) is 4.61. The Balaban J connectivity index is 1.22. The minimum Gasteiger partial charge on any atom is -0.445 e. The van der Waals surface area contributed by atoms with Gasteiger partial charge in [-0.2, -0.15) is 5.10 Å². The molecule has 2 aromatic carbocycles. The van der Waals surface area contributed by atoms with Crippen molar-refractivity contribution < 1.29 is 9.53 Å². The van der Waals surface area contributed by atoms with Crippen molar-refractivity contribution in [2.75, 3.05) is 31.5 Å². The zero-order chi connectivity index (χ0) is 19.2. The molecule has 146 valence electrons. The van der Waals surface area contributed by atoms with E-state index in [2.05, 4.69) is 26.9 Å². The van der Waals surface area contributed by atoms with Crippen LogP contribution in [-0.4, -0.2) is 53.4 Å². The first-order chi connectivity index (χ1) is 13.8. The molecule has 1 atom stereocenters. The Bertz CT molecular complexity index is 911. The number of amides is 1. The highest BCUT2D eigenvalue weighted by atomic mass is 16.6. The Morgan fingerprint density at radius 2 is 2.14 bits per heavy atom. The fraction of sp³-hybridized carbons (Fsp3) is 0.333. The molecule has 0 bridgehead atoms. The van der Waals surface area contributed by atoms with E-state index in [9.17, 15) is 4.79 Å². The maximum atomic E-state index is 12.4. The number of rotatable bonds is 6. The number of nitrogens with one attached hydrogen (secondary N) is 3. The smallest absolute Gasteiger partial charge is 0.410 e. The van der Waals surface area contributed by atoms with Crippen LogP contribution in [0.4, 0.5) is 10.5 Å². The van der Waals surface area contributed by atoms with E-state index >= 15 is 0 Å². The second-order valence-corrected chi connectivity index (χ2v) is 7.02. The van der Waals surface area contributed by atoms with Crippen molar-refractivity contribution in [3.63, 3.8) is 0 Å². The van der Waals surface area contributed by atoms with E-state index < -0.39 is 0 Å². The molecule has 4 rings (SSSR count). The first-order valence-corrected chi connectivity index (χ1v) is 9.64. The second-order valence-electron chi connectivity index (χ2n) is 7.02. The molecule has 28 heavy (non-hydrogen) atoms. The molecule has 1 saturated heterocycles. The lowest BCUT2D eigenvalue weighted by Crippen LogP contribution is -2.53. The molecular formula is C21H25N5O2. The summed E-state index contributed by atoms with van der Waals surface area (Å²) in [5.74, 6) is 0. The molecule has 7 heteroatoms. The number of benzene rings is 2. The number of fused-ring (bicyclic) bond motifs is 1. The highest BCUT2D eigenvalue weighted by Crippen LogP contribution is 2.17. The normalized spacial score (nSPS) is 16.9. The summed E-state index contributed by atoms with van der Waals surface area (Å²) in [5.41, 5.74) is 3.11. The van der Waals surface area contributed by atoms with Gasteiger partial charge in [0, 0.05) is 43.3 Å². The molecule has 3 aromatic rings. The number of H-pyrrole nitrogens is 1. The summed E-state index contributed by atoms with van der Waals surface area (Å²) >= 11 is 0. The number of carbonyl (C=O) groups is 1. The van der Waals surface area contributed by atoms with Crippen LogP contribution in [0.3, 0.4) is 0 Å². The third-order valence-electron chi connectivity index (χ3n) is 4.98. The number of nitrogens with zero attached hydrogens (tertiary/aromatic N) is 2. The van der Waals surface area contributed by atoms with Crippen molar-refractivity contribution >= 4 is 22.7 Å². The number of anilines is 1. The molecule has 0 spiro atoms. The minimum atomic E-state index is -0.242. The number of carbonyl (C=O) groups excluding carboxylic acids is 1. The van der Waals surface area contributed by atoms with Crippen molar-refractivity contribution in [2.45, 2.75) is 19.1 Å². The molecule has 7 nitrogen and oxygen atoms in total. The number of hydrogen-bond donors (Lipinski definition) is 3. The quantitative estimate of drug-likeness (QED) is 0.613. The molecule has 2 heterocycles. The summed E-state index contributed by atoms with van der Waals surface area (Å²) in [5, 5.41) is 15.0. The molecule has 1 aromatic heterocycles. The van der Waals surface area contributed by atoms with Crippen molar-refractivity contribution in [2.24, 2.45) is 0 Å². The van der Waals surface area contributed by atoms with Gasteiger partial charge in [0.15, 0.2) is 0 Å². The van der Waals surface area contributed by atoms with Crippen molar-refractivity contribution in [1.82, 2.24) is 20.4 Å². The van der Waals surface area contributed by atoms with Crippen LogP contribution in [0.2, 0.25) is 0 Å². The first kappa shape index (κ1) is 18.3. The maximum Gasteiger partial charge on any atom is 0.410 e. The van der Waals surface area contributed by atoms with Crippen LogP contribution in [0, 0.1) is 0 Å². The van der Waals surface area contributed by atoms with Gasteiger partial charge in [0.05, 0.1) is 11.7 Å². The zero-order valence-electron chi connectivity index (χ0n) is 15.7. The monoisotopic (exact) mass is 379 g/mol. The molecule has 1 amide bonds. The first-order valence-electron chi connectivity index (χ1n) is 9.64. The average Bonchev–Trinajstić information content (AvgIpc) is 3.21. The van der Waals surface area contributed by atoms with E-state index in [1.165, 1.54) is 0 Å². The van der Waals surface area contributed by atoms with Gasteiger partial charge in [0.25, 0.3) is 0 Å². The number of aromatic nitrogens is 2. The predicted molar refractivity (Wildman–Crippen MR) is 109 cm³/mol. The zero-order valence-corrected chi connectivity index (χ0v) is 15.7. The Hall–Kier alpha value is -3.06. The standard InChI is InChI=1S/C21H25N5O2/c27-21(28-15-16-4-2-1-3-5-16)26-11-10-23-19(14-26)8-9-22-18-6-7-20-17(12-18)13-24-25-20/h1-7,12-13,19,22-23H,8-11,14-15H2,(H,24,25)/t19-/m1/s1. The molecule has 0 radical (unpaired) electrons. The highest BCUT2D eigenvalue weighted by Gasteiger charge is 2.24. The van der Waals surface area contributed by atoms with E-state index in [0.717, 1.165) is 41.7 Å². The van der Waals surface area contributed by atoms with Crippen molar-refractivity contribution in [1.29, 1.82) is 0 Å². The molecule has 1 fully saturated rings. The van der Waals surface area contributed by atoms with Gasteiger partial charge in [0.2, 0.25) is 0 Å². The summed E-state index contributed by atoms with van der Waals surface area (Å²) in [6.45, 7) is 3.26. The molecular weight excluding hydrogens is 354 g/mol. The van der Waals surface area contributed by atoms with Crippen molar-refractivity contribution in [3.05, 3.63) is 60.3 Å². The molecule has 3 N–H and O–H groups in total. The largest absolute Gasteiger partial charge is 0.445 e.